The third-order valence-corrected chi connectivity index (χ3v) is 2.62. The van der Waals surface area contributed by atoms with Crippen LogP contribution in [0.2, 0.25) is 0 Å². The van der Waals surface area contributed by atoms with Gasteiger partial charge in [0.1, 0.15) is 6.10 Å². The van der Waals surface area contributed by atoms with Gasteiger partial charge in [0.25, 0.3) is 0 Å². The second-order valence-electron chi connectivity index (χ2n) is 3.84. The summed E-state index contributed by atoms with van der Waals surface area (Å²) in [4.78, 5) is 11.8. The van der Waals surface area contributed by atoms with Crippen molar-refractivity contribution in [1.82, 2.24) is 9.78 Å². The van der Waals surface area contributed by atoms with Crippen molar-refractivity contribution in [3.8, 4) is 0 Å². The fourth-order valence-corrected chi connectivity index (χ4v) is 1.57. The maximum atomic E-state index is 11.8. The number of ether oxygens (including phenoxy) is 1. The summed E-state index contributed by atoms with van der Waals surface area (Å²) in [5.41, 5.74) is 1.97. The number of hydrogen-bond acceptors (Lipinski definition) is 3. The molecule has 1 aromatic rings. The van der Waals surface area contributed by atoms with Gasteiger partial charge in [-0.2, -0.15) is 5.10 Å². The highest BCUT2D eigenvalue weighted by Gasteiger charge is 2.15. The molecule has 0 bridgehead atoms. The minimum absolute atomic E-state index is 0.104. The lowest BCUT2D eigenvalue weighted by molar-refractivity contribution is -0.128. The first-order valence-corrected chi connectivity index (χ1v) is 5.74. The van der Waals surface area contributed by atoms with Crippen molar-refractivity contribution < 1.29 is 9.53 Å². The first kappa shape index (κ1) is 12.9. The fraction of sp³-hybridized carbons (Fsp3) is 0.667. The highest BCUT2D eigenvalue weighted by atomic mass is 16.5. The zero-order valence-corrected chi connectivity index (χ0v) is 10.5. The molecule has 0 N–H and O–H groups in total. The third-order valence-electron chi connectivity index (χ3n) is 2.62. The molecular formula is C12H20N2O2. The van der Waals surface area contributed by atoms with E-state index >= 15 is 0 Å². The van der Waals surface area contributed by atoms with E-state index in [0.717, 1.165) is 17.8 Å². The maximum absolute atomic E-state index is 11.8. The molecule has 0 saturated carbocycles. The molecule has 90 valence electrons. The summed E-state index contributed by atoms with van der Waals surface area (Å²) in [7, 11) is 1.87. The summed E-state index contributed by atoms with van der Waals surface area (Å²) in [5, 5.41) is 4.31. The number of hydrogen-bond donors (Lipinski definition) is 0. The predicted octanol–water partition coefficient (Wildman–Crippen LogP) is 1.52. The van der Waals surface area contributed by atoms with Gasteiger partial charge in [-0.15, -0.1) is 0 Å². The van der Waals surface area contributed by atoms with Gasteiger partial charge in [-0.05, 0) is 26.3 Å². The van der Waals surface area contributed by atoms with E-state index in [9.17, 15) is 4.79 Å². The van der Waals surface area contributed by atoms with Crippen molar-refractivity contribution in [3.05, 3.63) is 17.5 Å². The van der Waals surface area contributed by atoms with E-state index in [-0.39, 0.29) is 11.9 Å². The van der Waals surface area contributed by atoms with Crippen LogP contribution in [0, 0.1) is 0 Å². The molecule has 1 unspecified atom stereocenters. The van der Waals surface area contributed by atoms with Crippen molar-refractivity contribution >= 4 is 5.78 Å². The van der Waals surface area contributed by atoms with Gasteiger partial charge in [0.15, 0.2) is 5.78 Å². The molecule has 0 aliphatic carbocycles. The van der Waals surface area contributed by atoms with Gasteiger partial charge in [0.2, 0.25) is 0 Å². The lowest BCUT2D eigenvalue weighted by Gasteiger charge is -2.09. The molecule has 0 aromatic carbocycles. The molecule has 0 fully saturated rings. The van der Waals surface area contributed by atoms with E-state index in [1.807, 2.05) is 20.0 Å². The molecule has 0 aliphatic heterocycles. The van der Waals surface area contributed by atoms with Crippen LogP contribution in [0.3, 0.4) is 0 Å². The van der Waals surface area contributed by atoms with E-state index in [2.05, 4.69) is 12.0 Å². The molecular weight excluding hydrogens is 204 g/mol. The van der Waals surface area contributed by atoms with Crippen LogP contribution in [-0.2, 0) is 29.4 Å². The molecule has 0 saturated heterocycles. The van der Waals surface area contributed by atoms with Gasteiger partial charge in [-0.25, -0.2) is 0 Å². The van der Waals surface area contributed by atoms with Crippen molar-refractivity contribution in [2.24, 2.45) is 7.05 Å². The molecule has 4 nitrogen and oxygen atoms in total. The fourth-order valence-electron chi connectivity index (χ4n) is 1.57. The van der Waals surface area contributed by atoms with Crippen LogP contribution in [0.5, 0.6) is 0 Å². The summed E-state index contributed by atoms with van der Waals surface area (Å²) in [5.74, 6) is 0.104. The van der Waals surface area contributed by atoms with Crippen molar-refractivity contribution in [1.29, 1.82) is 0 Å². The highest BCUT2D eigenvalue weighted by molar-refractivity contribution is 5.84. The molecule has 0 spiro atoms. The molecule has 0 aliphatic rings. The van der Waals surface area contributed by atoms with Gasteiger partial charge < -0.3 is 4.74 Å². The summed E-state index contributed by atoms with van der Waals surface area (Å²) < 4.78 is 7.04. The largest absolute Gasteiger partial charge is 0.371 e. The topological polar surface area (TPSA) is 44.1 Å². The van der Waals surface area contributed by atoms with E-state index in [0.29, 0.717) is 13.0 Å². The zero-order chi connectivity index (χ0) is 12.1. The van der Waals surface area contributed by atoms with E-state index < -0.39 is 0 Å². The Balaban J connectivity index is 2.65. The lowest BCUT2D eigenvalue weighted by atomic mass is 10.1. The second kappa shape index (κ2) is 5.80. The Morgan fingerprint density at radius 1 is 1.56 bits per heavy atom. The van der Waals surface area contributed by atoms with Gasteiger partial charge in [-0.3, -0.25) is 9.48 Å². The molecule has 4 heteroatoms. The summed E-state index contributed by atoms with van der Waals surface area (Å²) >= 11 is 0. The standard InChI is InChI=1S/C12H20N2O2/c1-5-10-7-11(14(4)13-10)8-12(15)9(3)16-6-2/h7,9H,5-6,8H2,1-4H3. The lowest BCUT2D eigenvalue weighted by Crippen LogP contribution is -2.23. The van der Waals surface area contributed by atoms with Crippen LogP contribution >= 0.6 is 0 Å². The third kappa shape index (κ3) is 3.17. The Hall–Kier alpha value is -1.16. The first-order chi connectivity index (χ1) is 7.58. The van der Waals surface area contributed by atoms with E-state index in [1.54, 1.807) is 11.6 Å². The van der Waals surface area contributed by atoms with Gasteiger partial charge in [-0.1, -0.05) is 6.92 Å². The number of Topliss-reactive ketones (excluding diaryl/α,β-unsaturated/α-hetero) is 1. The van der Waals surface area contributed by atoms with Crippen molar-refractivity contribution in [2.75, 3.05) is 6.61 Å². The maximum Gasteiger partial charge on any atom is 0.167 e. The Bertz CT molecular complexity index is 358. The molecule has 1 heterocycles. The number of carbonyl (C=O) groups is 1. The van der Waals surface area contributed by atoms with E-state index in [1.165, 1.54) is 0 Å². The van der Waals surface area contributed by atoms with Crippen LogP contribution in [0.1, 0.15) is 32.2 Å². The smallest absolute Gasteiger partial charge is 0.167 e. The SMILES string of the molecule is CCOC(C)C(=O)Cc1cc(CC)nn1C. The van der Waals surface area contributed by atoms with Gasteiger partial charge in [0, 0.05) is 19.3 Å². The normalized spacial score (nSPS) is 12.8. The predicted molar refractivity (Wildman–Crippen MR) is 62.4 cm³/mol. The number of ketones is 1. The quantitative estimate of drug-likeness (QED) is 0.736. The molecule has 0 amide bonds. The van der Waals surface area contributed by atoms with Gasteiger partial charge >= 0.3 is 0 Å². The summed E-state index contributed by atoms with van der Waals surface area (Å²) in [6.07, 6.45) is 0.957. The summed E-state index contributed by atoms with van der Waals surface area (Å²) in [6.45, 7) is 6.31. The van der Waals surface area contributed by atoms with Gasteiger partial charge in [0.05, 0.1) is 12.1 Å². The zero-order valence-electron chi connectivity index (χ0n) is 10.5. The minimum atomic E-state index is -0.329. The molecule has 0 radical (unpaired) electrons. The Kier molecular flexibility index (Phi) is 4.68. The minimum Gasteiger partial charge on any atom is -0.371 e. The van der Waals surface area contributed by atoms with Crippen LogP contribution in [0.4, 0.5) is 0 Å². The Labute approximate surface area is 96.6 Å². The van der Waals surface area contributed by atoms with E-state index in [4.69, 9.17) is 4.74 Å². The molecule has 1 rings (SSSR count). The second-order valence-corrected chi connectivity index (χ2v) is 3.84. The van der Waals surface area contributed by atoms with Crippen LogP contribution < -0.4 is 0 Å². The first-order valence-electron chi connectivity index (χ1n) is 5.74. The average molecular weight is 224 g/mol. The van der Waals surface area contributed by atoms with Crippen molar-refractivity contribution in [3.63, 3.8) is 0 Å². The highest BCUT2D eigenvalue weighted by Crippen LogP contribution is 2.07. The summed E-state index contributed by atoms with van der Waals surface area (Å²) in [6, 6.07) is 1.98. The molecule has 1 atom stereocenters. The number of rotatable bonds is 6. The molecule has 16 heavy (non-hydrogen) atoms. The average Bonchev–Trinajstić information content (AvgIpc) is 2.60. The Morgan fingerprint density at radius 3 is 2.75 bits per heavy atom. The number of nitrogens with zero attached hydrogens (tertiary/aromatic N) is 2. The Morgan fingerprint density at radius 2 is 2.25 bits per heavy atom. The van der Waals surface area contributed by atoms with Crippen LogP contribution in [0.25, 0.3) is 0 Å². The van der Waals surface area contributed by atoms with Crippen LogP contribution in [-0.4, -0.2) is 28.3 Å². The van der Waals surface area contributed by atoms with Crippen molar-refractivity contribution in [2.45, 2.75) is 39.7 Å². The van der Waals surface area contributed by atoms with Crippen LogP contribution in [0.15, 0.2) is 6.07 Å². The number of aryl methyl sites for hydroxylation is 2. The molecule has 1 aromatic heterocycles. The number of carbonyl (C=O) groups excluding carboxylic acids is 1. The monoisotopic (exact) mass is 224 g/mol. The number of aromatic nitrogens is 2.